The zero-order valence-corrected chi connectivity index (χ0v) is 11.2. The molecule has 1 aromatic heterocycles. The minimum absolute atomic E-state index is 0.156. The first-order chi connectivity index (χ1) is 9.70. The van der Waals surface area contributed by atoms with Gasteiger partial charge in [0.05, 0.1) is 18.3 Å². The number of aryl methyl sites for hydroxylation is 1. The van der Waals surface area contributed by atoms with Gasteiger partial charge in [0.1, 0.15) is 0 Å². The van der Waals surface area contributed by atoms with E-state index in [4.69, 9.17) is 5.73 Å². The van der Waals surface area contributed by atoms with E-state index in [-0.39, 0.29) is 12.5 Å². The molecule has 0 spiro atoms. The first kappa shape index (κ1) is 13.8. The standard InChI is InChI=1S/C15H16N4O/c1-11-4-5-13(3-2-6-16)14(7-11)15(20)17-8-12-9-18-19-10-12/h4-5,7,9-10H,6,8,16H2,1H3,(H,17,20)(H,18,19). The normalized spacial score (nSPS) is 9.70. The second-order valence-corrected chi connectivity index (χ2v) is 4.34. The van der Waals surface area contributed by atoms with Gasteiger partial charge < -0.3 is 11.1 Å². The van der Waals surface area contributed by atoms with E-state index in [0.717, 1.165) is 11.1 Å². The minimum atomic E-state index is -0.156. The van der Waals surface area contributed by atoms with Crippen molar-refractivity contribution in [3.8, 4) is 11.8 Å². The van der Waals surface area contributed by atoms with Crippen molar-refractivity contribution in [1.82, 2.24) is 15.5 Å². The summed E-state index contributed by atoms with van der Waals surface area (Å²) in [6.07, 6.45) is 3.41. The average Bonchev–Trinajstić information content (AvgIpc) is 2.96. The second kappa shape index (κ2) is 6.55. The van der Waals surface area contributed by atoms with Crippen LogP contribution in [-0.4, -0.2) is 22.6 Å². The third kappa shape index (κ3) is 3.46. The molecule has 5 heteroatoms. The third-order valence-corrected chi connectivity index (χ3v) is 2.75. The molecule has 0 fully saturated rings. The molecule has 2 rings (SSSR count). The maximum absolute atomic E-state index is 12.2. The molecule has 0 aliphatic rings. The van der Waals surface area contributed by atoms with Gasteiger partial charge in [-0.15, -0.1) is 0 Å². The second-order valence-electron chi connectivity index (χ2n) is 4.34. The van der Waals surface area contributed by atoms with Gasteiger partial charge >= 0.3 is 0 Å². The summed E-state index contributed by atoms with van der Waals surface area (Å²) in [4.78, 5) is 12.2. The van der Waals surface area contributed by atoms with Crippen molar-refractivity contribution in [2.75, 3.05) is 6.54 Å². The Bertz CT molecular complexity index is 650. The van der Waals surface area contributed by atoms with Crippen LogP contribution in [0.5, 0.6) is 0 Å². The molecule has 0 atom stereocenters. The van der Waals surface area contributed by atoms with E-state index in [1.54, 1.807) is 12.4 Å². The van der Waals surface area contributed by atoms with Crippen LogP contribution in [0.2, 0.25) is 0 Å². The highest BCUT2D eigenvalue weighted by Crippen LogP contribution is 2.11. The van der Waals surface area contributed by atoms with Crippen LogP contribution in [0.3, 0.4) is 0 Å². The zero-order chi connectivity index (χ0) is 14.4. The van der Waals surface area contributed by atoms with Crippen LogP contribution in [0.1, 0.15) is 27.0 Å². The van der Waals surface area contributed by atoms with E-state index in [1.165, 1.54) is 0 Å². The van der Waals surface area contributed by atoms with Gasteiger partial charge in [0, 0.05) is 23.9 Å². The van der Waals surface area contributed by atoms with Gasteiger partial charge in [0.2, 0.25) is 0 Å². The molecule has 102 valence electrons. The molecular formula is C15H16N4O. The fourth-order valence-corrected chi connectivity index (χ4v) is 1.75. The van der Waals surface area contributed by atoms with Crippen molar-refractivity contribution in [3.63, 3.8) is 0 Å². The number of hydrogen-bond acceptors (Lipinski definition) is 3. The van der Waals surface area contributed by atoms with Gasteiger partial charge in [-0.05, 0) is 19.1 Å². The Kier molecular flexibility index (Phi) is 4.53. The van der Waals surface area contributed by atoms with Crippen LogP contribution >= 0.6 is 0 Å². The van der Waals surface area contributed by atoms with Crippen molar-refractivity contribution >= 4 is 5.91 Å². The van der Waals surface area contributed by atoms with Gasteiger partial charge in [0.15, 0.2) is 0 Å². The summed E-state index contributed by atoms with van der Waals surface area (Å²) >= 11 is 0. The summed E-state index contributed by atoms with van der Waals surface area (Å²) in [5.41, 5.74) is 8.55. The number of nitrogens with zero attached hydrogens (tertiary/aromatic N) is 1. The third-order valence-electron chi connectivity index (χ3n) is 2.75. The number of H-pyrrole nitrogens is 1. The van der Waals surface area contributed by atoms with E-state index in [1.807, 2.05) is 25.1 Å². The number of carbonyl (C=O) groups is 1. The predicted molar refractivity (Wildman–Crippen MR) is 76.9 cm³/mol. The van der Waals surface area contributed by atoms with Gasteiger partial charge in [-0.1, -0.05) is 23.5 Å². The first-order valence-electron chi connectivity index (χ1n) is 6.26. The summed E-state index contributed by atoms with van der Waals surface area (Å²) in [5.74, 6) is 5.54. The molecule has 0 unspecified atom stereocenters. The number of amides is 1. The molecule has 1 aromatic carbocycles. The lowest BCUT2D eigenvalue weighted by Crippen LogP contribution is -2.23. The maximum Gasteiger partial charge on any atom is 0.252 e. The Labute approximate surface area is 117 Å². The molecule has 20 heavy (non-hydrogen) atoms. The molecule has 1 amide bonds. The van der Waals surface area contributed by atoms with Crippen LogP contribution in [0.15, 0.2) is 30.6 Å². The van der Waals surface area contributed by atoms with E-state index >= 15 is 0 Å². The van der Waals surface area contributed by atoms with Gasteiger partial charge in [-0.2, -0.15) is 5.10 Å². The van der Waals surface area contributed by atoms with Crippen LogP contribution in [0, 0.1) is 18.8 Å². The molecule has 0 aliphatic heterocycles. The molecule has 0 aliphatic carbocycles. The van der Waals surface area contributed by atoms with Crippen molar-refractivity contribution < 1.29 is 4.79 Å². The number of aromatic amines is 1. The summed E-state index contributed by atoms with van der Waals surface area (Å²) in [5, 5.41) is 9.38. The number of carbonyl (C=O) groups excluding carboxylic acids is 1. The van der Waals surface area contributed by atoms with Crippen LogP contribution in [-0.2, 0) is 6.54 Å². The number of nitrogens with two attached hydrogens (primary N) is 1. The van der Waals surface area contributed by atoms with Crippen LogP contribution < -0.4 is 11.1 Å². The number of rotatable bonds is 3. The van der Waals surface area contributed by atoms with E-state index in [2.05, 4.69) is 27.4 Å². The van der Waals surface area contributed by atoms with E-state index < -0.39 is 0 Å². The Balaban J connectivity index is 2.17. The molecule has 0 saturated heterocycles. The molecule has 0 bridgehead atoms. The molecule has 0 saturated carbocycles. The smallest absolute Gasteiger partial charge is 0.252 e. The molecule has 1 heterocycles. The topological polar surface area (TPSA) is 83.8 Å². The number of benzene rings is 1. The van der Waals surface area contributed by atoms with Crippen molar-refractivity contribution in [3.05, 3.63) is 52.8 Å². The Morgan fingerprint density at radius 3 is 3.05 bits per heavy atom. The lowest BCUT2D eigenvalue weighted by atomic mass is 10.0. The molecular weight excluding hydrogens is 252 g/mol. The number of hydrogen-bond donors (Lipinski definition) is 3. The fourth-order valence-electron chi connectivity index (χ4n) is 1.75. The lowest BCUT2D eigenvalue weighted by molar-refractivity contribution is 0.0950. The van der Waals surface area contributed by atoms with E-state index in [9.17, 15) is 4.79 Å². The average molecular weight is 268 g/mol. The highest BCUT2D eigenvalue weighted by molar-refractivity contribution is 5.96. The van der Waals surface area contributed by atoms with Crippen LogP contribution in [0.25, 0.3) is 0 Å². The summed E-state index contributed by atoms with van der Waals surface area (Å²) in [6, 6.07) is 5.59. The maximum atomic E-state index is 12.2. The summed E-state index contributed by atoms with van der Waals surface area (Å²) in [7, 11) is 0. The summed E-state index contributed by atoms with van der Waals surface area (Å²) in [6.45, 7) is 2.63. The number of nitrogens with one attached hydrogen (secondary N) is 2. The lowest BCUT2D eigenvalue weighted by Gasteiger charge is -2.07. The zero-order valence-electron chi connectivity index (χ0n) is 11.2. The molecule has 0 radical (unpaired) electrons. The first-order valence-corrected chi connectivity index (χ1v) is 6.26. The Morgan fingerprint density at radius 2 is 2.35 bits per heavy atom. The molecule has 5 nitrogen and oxygen atoms in total. The largest absolute Gasteiger partial charge is 0.348 e. The molecule has 4 N–H and O–H groups in total. The summed E-state index contributed by atoms with van der Waals surface area (Å²) < 4.78 is 0. The van der Waals surface area contributed by atoms with E-state index in [0.29, 0.717) is 17.7 Å². The fraction of sp³-hybridized carbons (Fsp3) is 0.200. The highest BCUT2D eigenvalue weighted by atomic mass is 16.1. The monoisotopic (exact) mass is 268 g/mol. The number of aromatic nitrogens is 2. The Morgan fingerprint density at radius 1 is 1.50 bits per heavy atom. The highest BCUT2D eigenvalue weighted by Gasteiger charge is 2.10. The van der Waals surface area contributed by atoms with Crippen molar-refractivity contribution in [1.29, 1.82) is 0 Å². The van der Waals surface area contributed by atoms with Crippen molar-refractivity contribution in [2.24, 2.45) is 5.73 Å². The van der Waals surface area contributed by atoms with Gasteiger partial charge in [-0.3, -0.25) is 9.89 Å². The van der Waals surface area contributed by atoms with Crippen LogP contribution in [0.4, 0.5) is 0 Å². The Hall–Kier alpha value is -2.58. The van der Waals surface area contributed by atoms with Gasteiger partial charge in [0.25, 0.3) is 5.91 Å². The minimum Gasteiger partial charge on any atom is -0.348 e. The SMILES string of the molecule is Cc1ccc(C#CCN)c(C(=O)NCc2cn[nH]c2)c1. The van der Waals surface area contributed by atoms with Crippen molar-refractivity contribution in [2.45, 2.75) is 13.5 Å². The molecule has 2 aromatic rings. The van der Waals surface area contributed by atoms with Gasteiger partial charge in [-0.25, -0.2) is 0 Å². The predicted octanol–water partition coefficient (Wildman–Crippen LogP) is 0.958. The quantitative estimate of drug-likeness (QED) is 0.725.